The summed E-state index contributed by atoms with van der Waals surface area (Å²) in [5, 5.41) is 2.92. The third-order valence-electron chi connectivity index (χ3n) is 5.29. The van der Waals surface area contributed by atoms with Crippen molar-refractivity contribution in [1.29, 1.82) is 0 Å². The summed E-state index contributed by atoms with van der Waals surface area (Å²) in [7, 11) is 3.54. The number of nitrogens with one attached hydrogen (secondary N) is 1. The lowest BCUT2D eigenvalue weighted by molar-refractivity contribution is -0.130. The summed E-state index contributed by atoms with van der Waals surface area (Å²) >= 11 is 0. The van der Waals surface area contributed by atoms with Gasteiger partial charge in [-0.3, -0.25) is 14.5 Å². The molecular weight excluding hydrogens is 366 g/mol. The van der Waals surface area contributed by atoms with Gasteiger partial charge in [-0.1, -0.05) is 36.8 Å². The van der Waals surface area contributed by atoms with Crippen LogP contribution >= 0.6 is 0 Å². The third kappa shape index (κ3) is 5.38. The van der Waals surface area contributed by atoms with E-state index in [0.29, 0.717) is 30.2 Å². The number of benzene rings is 1. The van der Waals surface area contributed by atoms with Crippen LogP contribution in [0.1, 0.15) is 52.7 Å². The van der Waals surface area contributed by atoms with Crippen molar-refractivity contribution in [2.75, 3.05) is 27.2 Å². The first-order valence-electron chi connectivity index (χ1n) is 10.1. The lowest BCUT2D eigenvalue weighted by Gasteiger charge is -2.34. The molecule has 0 aliphatic carbocycles. The molecule has 7 nitrogen and oxygen atoms in total. The Balaban J connectivity index is 1.70. The number of carbonyl (C=O) groups excluding carboxylic acids is 2. The van der Waals surface area contributed by atoms with Gasteiger partial charge < -0.3 is 10.2 Å². The minimum absolute atomic E-state index is 0.00720. The first-order chi connectivity index (χ1) is 14.0. The molecule has 1 aliphatic heterocycles. The summed E-state index contributed by atoms with van der Waals surface area (Å²) in [5.41, 5.74) is 2.18. The highest BCUT2D eigenvalue weighted by molar-refractivity contribution is 5.94. The van der Waals surface area contributed by atoms with Gasteiger partial charge in [0.2, 0.25) is 5.91 Å². The number of piperidine rings is 1. The van der Waals surface area contributed by atoms with Gasteiger partial charge in [0.25, 0.3) is 5.91 Å². The smallest absolute Gasteiger partial charge is 0.254 e. The highest BCUT2D eigenvalue weighted by Gasteiger charge is 2.28. The lowest BCUT2D eigenvalue weighted by Crippen LogP contribution is -2.41. The maximum atomic E-state index is 12.6. The van der Waals surface area contributed by atoms with Crippen LogP contribution in [0, 0.1) is 6.92 Å². The van der Waals surface area contributed by atoms with Gasteiger partial charge in [0.1, 0.15) is 5.82 Å². The highest BCUT2D eigenvalue weighted by Crippen LogP contribution is 2.29. The molecule has 154 valence electrons. The van der Waals surface area contributed by atoms with E-state index in [1.807, 2.05) is 37.3 Å². The number of nitrogens with zero attached hydrogens (tertiary/aromatic N) is 4. The topological polar surface area (TPSA) is 78.4 Å². The zero-order chi connectivity index (χ0) is 20.8. The van der Waals surface area contributed by atoms with Crippen LogP contribution in [0.4, 0.5) is 0 Å². The fourth-order valence-electron chi connectivity index (χ4n) is 3.53. The van der Waals surface area contributed by atoms with Gasteiger partial charge >= 0.3 is 0 Å². The summed E-state index contributed by atoms with van der Waals surface area (Å²) in [6, 6.07) is 9.79. The van der Waals surface area contributed by atoms with Gasteiger partial charge in [-0.2, -0.15) is 0 Å². The quantitative estimate of drug-likeness (QED) is 0.812. The Kier molecular flexibility index (Phi) is 6.93. The van der Waals surface area contributed by atoms with Crippen LogP contribution in [0.15, 0.2) is 36.5 Å². The molecule has 2 amide bonds. The molecule has 1 aliphatic rings. The predicted molar refractivity (Wildman–Crippen MR) is 111 cm³/mol. The highest BCUT2D eigenvalue weighted by atomic mass is 16.2. The summed E-state index contributed by atoms with van der Waals surface area (Å²) < 4.78 is 0. The molecule has 0 spiro atoms. The Morgan fingerprint density at radius 3 is 2.66 bits per heavy atom. The predicted octanol–water partition coefficient (Wildman–Crippen LogP) is 2.33. The molecule has 0 bridgehead atoms. The van der Waals surface area contributed by atoms with Crippen LogP contribution < -0.4 is 5.32 Å². The minimum Gasteiger partial charge on any atom is -0.348 e. The summed E-state index contributed by atoms with van der Waals surface area (Å²) in [5.74, 6) is 0.583. The second-order valence-electron chi connectivity index (χ2n) is 7.67. The monoisotopic (exact) mass is 395 g/mol. The molecule has 2 heterocycles. The van der Waals surface area contributed by atoms with E-state index in [1.54, 1.807) is 25.2 Å². The fraction of sp³-hybridized carbons (Fsp3) is 0.455. The first-order valence-corrected chi connectivity index (χ1v) is 10.1. The number of aromatic nitrogens is 2. The van der Waals surface area contributed by atoms with E-state index in [4.69, 9.17) is 0 Å². The van der Waals surface area contributed by atoms with Crippen molar-refractivity contribution < 1.29 is 9.59 Å². The normalized spacial score (nSPS) is 17.0. The number of amides is 2. The second-order valence-corrected chi connectivity index (χ2v) is 7.67. The molecule has 7 heteroatoms. The zero-order valence-corrected chi connectivity index (χ0v) is 17.4. The molecule has 2 aromatic rings. The summed E-state index contributed by atoms with van der Waals surface area (Å²) in [6.07, 6.45) is 4.67. The van der Waals surface area contributed by atoms with E-state index in [1.165, 1.54) is 0 Å². The SMILES string of the molecule is Cc1nc([C@@H]2CCCCN2CC(=O)N(C)C)ncc1C(=O)NCc1ccccc1. The standard InChI is InChI=1S/C22H29N5O2/c1-16-18(22(29)24-13-17-9-5-4-6-10-17)14-23-21(25-16)19-11-7-8-12-27(19)15-20(28)26(2)3/h4-6,9-10,14,19H,7-8,11-13,15H2,1-3H3,(H,24,29)/t19-/m0/s1. The maximum Gasteiger partial charge on any atom is 0.254 e. The summed E-state index contributed by atoms with van der Waals surface area (Å²) in [6.45, 7) is 3.51. The van der Waals surface area contributed by atoms with Gasteiger partial charge in [0.15, 0.2) is 0 Å². The van der Waals surface area contributed by atoms with Crippen LogP contribution in [0.25, 0.3) is 0 Å². The molecule has 29 heavy (non-hydrogen) atoms. The number of hydrogen-bond acceptors (Lipinski definition) is 5. The van der Waals surface area contributed by atoms with E-state index >= 15 is 0 Å². The van der Waals surface area contributed by atoms with Crippen LogP contribution in [-0.2, 0) is 11.3 Å². The van der Waals surface area contributed by atoms with E-state index in [9.17, 15) is 9.59 Å². The van der Waals surface area contributed by atoms with Gasteiger partial charge in [-0.15, -0.1) is 0 Å². The zero-order valence-electron chi connectivity index (χ0n) is 17.4. The Labute approximate surface area is 172 Å². The first kappa shape index (κ1) is 20.9. The van der Waals surface area contributed by atoms with Crippen molar-refractivity contribution in [2.24, 2.45) is 0 Å². The van der Waals surface area contributed by atoms with Gasteiger partial charge in [-0.05, 0) is 31.9 Å². The summed E-state index contributed by atoms with van der Waals surface area (Å²) in [4.78, 5) is 37.6. The Morgan fingerprint density at radius 2 is 1.97 bits per heavy atom. The molecule has 1 fully saturated rings. The minimum atomic E-state index is -0.179. The Bertz CT molecular complexity index is 854. The van der Waals surface area contributed by atoms with Crippen LogP contribution in [0.3, 0.4) is 0 Å². The lowest BCUT2D eigenvalue weighted by atomic mass is 10.0. The van der Waals surface area contributed by atoms with Crippen molar-refractivity contribution in [1.82, 2.24) is 25.1 Å². The van der Waals surface area contributed by atoms with Gasteiger partial charge in [-0.25, -0.2) is 9.97 Å². The Hall–Kier alpha value is -2.80. The van der Waals surface area contributed by atoms with E-state index < -0.39 is 0 Å². The number of likely N-dealkylation sites (N-methyl/N-ethyl adjacent to an activating group) is 1. The number of rotatable bonds is 6. The third-order valence-corrected chi connectivity index (χ3v) is 5.29. The van der Waals surface area contributed by atoms with E-state index in [2.05, 4.69) is 20.2 Å². The largest absolute Gasteiger partial charge is 0.348 e. The molecule has 1 N–H and O–H groups in total. The molecule has 0 radical (unpaired) electrons. The number of likely N-dealkylation sites (tertiary alicyclic amines) is 1. The molecule has 1 aromatic heterocycles. The van der Waals surface area contributed by atoms with Gasteiger partial charge in [0, 0.05) is 26.8 Å². The molecule has 1 atom stereocenters. The maximum absolute atomic E-state index is 12.6. The number of aryl methyl sites for hydroxylation is 1. The van der Waals surface area contributed by atoms with E-state index in [-0.39, 0.29) is 17.9 Å². The molecule has 1 saturated heterocycles. The van der Waals surface area contributed by atoms with Crippen molar-refractivity contribution in [3.05, 3.63) is 59.2 Å². The second kappa shape index (κ2) is 9.60. The Morgan fingerprint density at radius 1 is 1.21 bits per heavy atom. The number of carbonyl (C=O) groups is 2. The number of hydrogen-bond donors (Lipinski definition) is 1. The van der Waals surface area contributed by atoms with Gasteiger partial charge in [0.05, 0.1) is 23.8 Å². The van der Waals surface area contributed by atoms with Crippen molar-refractivity contribution in [2.45, 2.75) is 38.8 Å². The van der Waals surface area contributed by atoms with Crippen LogP contribution in [-0.4, -0.2) is 58.8 Å². The van der Waals surface area contributed by atoms with Crippen LogP contribution in [0.2, 0.25) is 0 Å². The van der Waals surface area contributed by atoms with E-state index in [0.717, 1.165) is 31.4 Å². The molecule has 0 saturated carbocycles. The average Bonchev–Trinajstić information content (AvgIpc) is 2.73. The molecule has 0 unspecified atom stereocenters. The fourth-order valence-corrected chi connectivity index (χ4v) is 3.53. The van der Waals surface area contributed by atoms with Crippen LogP contribution in [0.5, 0.6) is 0 Å². The van der Waals surface area contributed by atoms with Crippen molar-refractivity contribution >= 4 is 11.8 Å². The molecular formula is C22H29N5O2. The van der Waals surface area contributed by atoms with Crippen molar-refractivity contribution in [3.63, 3.8) is 0 Å². The molecule has 1 aromatic carbocycles. The average molecular weight is 396 g/mol. The molecule has 3 rings (SSSR count). The van der Waals surface area contributed by atoms with Crippen molar-refractivity contribution in [3.8, 4) is 0 Å².